The van der Waals surface area contributed by atoms with E-state index in [0.717, 1.165) is 6.29 Å². The molecule has 0 aliphatic heterocycles. The van der Waals surface area contributed by atoms with Crippen LogP contribution < -0.4 is 5.32 Å². The van der Waals surface area contributed by atoms with Crippen molar-refractivity contribution in [3.63, 3.8) is 0 Å². The molecule has 0 saturated heterocycles. The minimum atomic E-state index is -0.157. The SMILES string of the molecule is O=CCCNC(=O)c1cc[c]cc1. The molecule has 0 fully saturated rings. The van der Waals surface area contributed by atoms with Crippen LogP contribution in [-0.2, 0) is 4.79 Å². The van der Waals surface area contributed by atoms with Crippen LogP contribution in [0.15, 0.2) is 24.3 Å². The molecular formula is C10H10NO2. The lowest BCUT2D eigenvalue weighted by atomic mass is 10.2. The fraction of sp³-hybridized carbons (Fsp3) is 0.200. The van der Waals surface area contributed by atoms with Crippen molar-refractivity contribution >= 4 is 12.2 Å². The van der Waals surface area contributed by atoms with E-state index >= 15 is 0 Å². The van der Waals surface area contributed by atoms with Gasteiger partial charge in [-0.3, -0.25) is 4.79 Å². The van der Waals surface area contributed by atoms with Gasteiger partial charge < -0.3 is 10.1 Å². The van der Waals surface area contributed by atoms with Crippen LogP contribution in [0.4, 0.5) is 0 Å². The number of hydrogen-bond acceptors (Lipinski definition) is 2. The molecule has 1 radical (unpaired) electrons. The molecule has 0 atom stereocenters. The van der Waals surface area contributed by atoms with Crippen LogP contribution in [0.25, 0.3) is 0 Å². The minimum absolute atomic E-state index is 0.157. The molecule has 1 N–H and O–H groups in total. The number of benzene rings is 1. The van der Waals surface area contributed by atoms with Gasteiger partial charge in [-0.05, 0) is 18.2 Å². The summed E-state index contributed by atoms with van der Waals surface area (Å²) in [5, 5.41) is 2.62. The van der Waals surface area contributed by atoms with E-state index in [2.05, 4.69) is 11.4 Å². The smallest absolute Gasteiger partial charge is 0.251 e. The summed E-state index contributed by atoms with van der Waals surface area (Å²) < 4.78 is 0. The zero-order valence-corrected chi connectivity index (χ0v) is 7.12. The normalized spacial score (nSPS) is 9.23. The summed E-state index contributed by atoms with van der Waals surface area (Å²) in [6.07, 6.45) is 1.13. The first-order valence-electron chi connectivity index (χ1n) is 4.02. The molecule has 67 valence electrons. The molecular weight excluding hydrogens is 166 g/mol. The topological polar surface area (TPSA) is 46.2 Å². The van der Waals surface area contributed by atoms with Gasteiger partial charge in [-0.2, -0.15) is 0 Å². The third kappa shape index (κ3) is 3.07. The van der Waals surface area contributed by atoms with Crippen LogP contribution in [-0.4, -0.2) is 18.7 Å². The Labute approximate surface area is 76.8 Å². The molecule has 13 heavy (non-hydrogen) atoms. The van der Waals surface area contributed by atoms with Crippen molar-refractivity contribution in [3.05, 3.63) is 35.9 Å². The first-order chi connectivity index (χ1) is 6.34. The summed E-state index contributed by atoms with van der Waals surface area (Å²) in [7, 11) is 0. The lowest BCUT2D eigenvalue weighted by Crippen LogP contribution is -2.24. The quantitative estimate of drug-likeness (QED) is 0.545. The molecule has 0 aromatic heterocycles. The second kappa shape index (κ2) is 5.09. The highest BCUT2D eigenvalue weighted by Crippen LogP contribution is 1.96. The standard InChI is InChI=1S/C10H10NO2/c12-8-4-7-11-10(13)9-5-2-1-3-6-9/h2-3,5-6,8H,4,7H2,(H,11,13). The highest BCUT2D eigenvalue weighted by molar-refractivity contribution is 5.94. The highest BCUT2D eigenvalue weighted by atomic mass is 16.1. The predicted molar refractivity (Wildman–Crippen MR) is 48.3 cm³/mol. The Morgan fingerprint density at radius 3 is 2.77 bits per heavy atom. The molecule has 0 spiro atoms. The number of aldehydes is 1. The first-order valence-corrected chi connectivity index (χ1v) is 4.02. The van der Waals surface area contributed by atoms with E-state index < -0.39 is 0 Å². The van der Waals surface area contributed by atoms with Gasteiger partial charge in [-0.1, -0.05) is 12.1 Å². The number of hydrogen-bond donors (Lipinski definition) is 1. The van der Waals surface area contributed by atoms with Crippen molar-refractivity contribution in [1.29, 1.82) is 0 Å². The van der Waals surface area contributed by atoms with Crippen LogP contribution in [0.3, 0.4) is 0 Å². The van der Waals surface area contributed by atoms with Crippen molar-refractivity contribution in [1.82, 2.24) is 5.32 Å². The summed E-state index contributed by atoms with van der Waals surface area (Å²) >= 11 is 0. The van der Waals surface area contributed by atoms with Crippen LogP contribution in [0.1, 0.15) is 16.8 Å². The highest BCUT2D eigenvalue weighted by Gasteiger charge is 2.01. The second-order valence-electron chi connectivity index (χ2n) is 2.50. The summed E-state index contributed by atoms with van der Waals surface area (Å²) in [6.45, 7) is 0.390. The van der Waals surface area contributed by atoms with Gasteiger partial charge in [-0.25, -0.2) is 0 Å². The van der Waals surface area contributed by atoms with Crippen molar-refractivity contribution < 1.29 is 9.59 Å². The van der Waals surface area contributed by atoms with E-state index in [1.54, 1.807) is 24.3 Å². The molecule has 1 rings (SSSR count). The van der Waals surface area contributed by atoms with Gasteiger partial charge in [0.1, 0.15) is 6.29 Å². The molecule has 1 aromatic rings. The Bertz CT molecular complexity index is 282. The lowest BCUT2D eigenvalue weighted by molar-refractivity contribution is -0.107. The Morgan fingerprint density at radius 2 is 2.15 bits per heavy atom. The monoisotopic (exact) mass is 176 g/mol. The fourth-order valence-corrected chi connectivity index (χ4v) is 0.885. The Morgan fingerprint density at radius 1 is 1.46 bits per heavy atom. The van der Waals surface area contributed by atoms with Crippen LogP contribution in [0, 0.1) is 6.07 Å². The number of amides is 1. The third-order valence-electron chi connectivity index (χ3n) is 1.53. The maximum absolute atomic E-state index is 11.3. The maximum Gasteiger partial charge on any atom is 0.251 e. The zero-order chi connectivity index (χ0) is 9.52. The molecule has 0 saturated carbocycles. The van der Waals surface area contributed by atoms with Gasteiger partial charge in [0, 0.05) is 18.5 Å². The van der Waals surface area contributed by atoms with Crippen molar-refractivity contribution in [2.75, 3.05) is 6.54 Å². The fourth-order valence-electron chi connectivity index (χ4n) is 0.885. The van der Waals surface area contributed by atoms with E-state index in [9.17, 15) is 9.59 Å². The summed E-state index contributed by atoms with van der Waals surface area (Å²) in [5.74, 6) is -0.157. The third-order valence-corrected chi connectivity index (χ3v) is 1.53. The van der Waals surface area contributed by atoms with E-state index in [0.29, 0.717) is 18.5 Å². The van der Waals surface area contributed by atoms with E-state index in [1.807, 2.05) is 0 Å². The predicted octanol–water partition coefficient (Wildman–Crippen LogP) is 0.806. The van der Waals surface area contributed by atoms with Gasteiger partial charge in [0.2, 0.25) is 0 Å². The summed E-state index contributed by atoms with van der Waals surface area (Å²) in [4.78, 5) is 21.2. The Kier molecular flexibility index (Phi) is 3.70. The first kappa shape index (κ1) is 9.45. The number of rotatable bonds is 4. The van der Waals surface area contributed by atoms with Crippen molar-refractivity contribution in [3.8, 4) is 0 Å². The van der Waals surface area contributed by atoms with Crippen molar-refractivity contribution in [2.45, 2.75) is 6.42 Å². The average Bonchev–Trinajstić information content (AvgIpc) is 2.19. The van der Waals surface area contributed by atoms with Gasteiger partial charge >= 0.3 is 0 Å². The molecule has 1 amide bonds. The molecule has 0 unspecified atom stereocenters. The maximum atomic E-state index is 11.3. The van der Waals surface area contributed by atoms with Gasteiger partial charge in [0.05, 0.1) is 0 Å². The molecule has 0 bridgehead atoms. The molecule has 3 nitrogen and oxygen atoms in total. The van der Waals surface area contributed by atoms with E-state index in [4.69, 9.17) is 0 Å². The minimum Gasteiger partial charge on any atom is -0.352 e. The number of nitrogens with one attached hydrogen (secondary N) is 1. The number of carbonyl (C=O) groups is 2. The van der Waals surface area contributed by atoms with Crippen LogP contribution in [0.5, 0.6) is 0 Å². The Balaban J connectivity index is 2.45. The largest absolute Gasteiger partial charge is 0.352 e. The van der Waals surface area contributed by atoms with Gasteiger partial charge in [0.15, 0.2) is 0 Å². The average molecular weight is 176 g/mol. The Hall–Kier alpha value is -1.64. The molecule has 0 heterocycles. The van der Waals surface area contributed by atoms with E-state index in [1.165, 1.54) is 0 Å². The van der Waals surface area contributed by atoms with Crippen LogP contribution in [0.2, 0.25) is 0 Å². The molecule has 0 aliphatic carbocycles. The van der Waals surface area contributed by atoms with Gasteiger partial charge in [0.25, 0.3) is 5.91 Å². The molecule has 3 heteroatoms. The second-order valence-corrected chi connectivity index (χ2v) is 2.50. The summed E-state index contributed by atoms with van der Waals surface area (Å²) in [6, 6.07) is 9.52. The summed E-state index contributed by atoms with van der Waals surface area (Å²) in [5.41, 5.74) is 0.588. The van der Waals surface area contributed by atoms with Crippen LogP contribution >= 0.6 is 0 Å². The zero-order valence-electron chi connectivity index (χ0n) is 7.12. The lowest BCUT2D eigenvalue weighted by Gasteiger charge is -2.01. The molecule has 1 aromatic carbocycles. The van der Waals surface area contributed by atoms with Crippen molar-refractivity contribution in [2.24, 2.45) is 0 Å². The van der Waals surface area contributed by atoms with E-state index in [-0.39, 0.29) is 5.91 Å². The van der Waals surface area contributed by atoms with Gasteiger partial charge in [-0.15, -0.1) is 0 Å². The number of carbonyl (C=O) groups excluding carboxylic acids is 2. The molecule has 0 aliphatic rings.